The lowest BCUT2D eigenvalue weighted by atomic mass is 10.1. The van der Waals surface area contributed by atoms with Crippen molar-refractivity contribution in [2.24, 2.45) is 0 Å². The summed E-state index contributed by atoms with van der Waals surface area (Å²) in [4.78, 5) is 19.4. The highest BCUT2D eigenvalue weighted by atomic mass is 32.1. The molecule has 3 aromatic rings. The number of hydrogen-bond acceptors (Lipinski definition) is 6. The summed E-state index contributed by atoms with van der Waals surface area (Å²) in [6.07, 6.45) is 0.446. The van der Waals surface area contributed by atoms with Crippen LogP contribution in [-0.4, -0.2) is 51.3 Å². The molecular weight excluding hydrogens is 374 g/mol. The molecule has 4 rings (SSSR count). The minimum atomic E-state index is -0.246. The van der Waals surface area contributed by atoms with Crippen LogP contribution in [-0.2, 0) is 11.3 Å². The summed E-state index contributed by atoms with van der Waals surface area (Å²) in [7, 11) is 0. The average Bonchev–Trinajstić information content (AvgIpc) is 3.31. The predicted molar refractivity (Wildman–Crippen MR) is 109 cm³/mol. The molecule has 1 aliphatic heterocycles. The average molecular weight is 398 g/mol. The summed E-state index contributed by atoms with van der Waals surface area (Å²) in [5, 5.41) is 12.5. The Morgan fingerprint density at radius 3 is 2.79 bits per heavy atom. The molecule has 28 heavy (non-hydrogen) atoms. The fraction of sp³-hybridized carbons (Fsp3) is 0.350. The highest BCUT2D eigenvalue weighted by Crippen LogP contribution is 2.21. The second-order valence-electron chi connectivity index (χ2n) is 7.08. The van der Waals surface area contributed by atoms with Crippen LogP contribution in [0, 0.1) is 0 Å². The molecule has 1 amide bonds. The number of rotatable bonds is 5. The maximum absolute atomic E-state index is 12.5. The van der Waals surface area contributed by atoms with Gasteiger partial charge in [0.1, 0.15) is 5.69 Å². The van der Waals surface area contributed by atoms with Crippen molar-refractivity contribution in [3.63, 3.8) is 0 Å². The van der Waals surface area contributed by atoms with Gasteiger partial charge in [0.25, 0.3) is 5.91 Å². The lowest BCUT2D eigenvalue weighted by Gasteiger charge is -2.34. The molecule has 1 aromatic carbocycles. The van der Waals surface area contributed by atoms with Crippen molar-refractivity contribution >= 4 is 22.4 Å². The van der Waals surface area contributed by atoms with E-state index < -0.39 is 0 Å². The number of anilines is 1. The van der Waals surface area contributed by atoms with Crippen molar-refractivity contribution in [2.75, 3.05) is 18.4 Å². The molecule has 8 heteroatoms. The lowest BCUT2D eigenvalue weighted by molar-refractivity contribution is -0.0707. The number of benzene rings is 1. The first-order valence-corrected chi connectivity index (χ1v) is 10.2. The van der Waals surface area contributed by atoms with Crippen LogP contribution in [0.5, 0.6) is 0 Å². The first-order chi connectivity index (χ1) is 13.6. The Kier molecular flexibility index (Phi) is 5.52. The zero-order valence-electron chi connectivity index (χ0n) is 15.9. The minimum Gasteiger partial charge on any atom is -0.373 e. The van der Waals surface area contributed by atoms with Gasteiger partial charge < -0.3 is 4.74 Å². The summed E-state index contributed by atoms with van der Waals surface area (Å²) >= 11 is 1.43. The molecule has 7 nitrogen and oxygen atoms in total. The number of nitrogens with one attached hydrogen (secondary N) is 2. The number of thiazole rings is 1. The fourth-order valence-corrected chi connectivity index (χ4v) is 4.14. The lowest BCUT2D eigenvalue weighted by Crippen LogP contribution is -2.44. The number of H-pyrrole nitrogens is 1. The van der Waals surface area contributed by atoms with Crippen LogP contribution < -0.4 is 5.32 Å². The van der Waals surface area contributed by atoms with Crippen LogP contribution in [0.25, 0.3) is 11.3 Å². The number of carbonyl (C=O) groups excluding carboxylic acids is 1. The summed E-state index contributed by atoms with van der Waals surface area (Å²) in [6, 6.07) is 11.5. The minimum absolute atomic E-state index is 0.223. The van der Waals surface area contributed by atoms with E-state index in [2.05, 4.69) is 39.2 Å². The third-order valence-corrected chi connectivity index (χ3v) is 5.35. The van der Waals surface area contributed by atoms with E-state index in [1.165, 1.54) is 11.3 Å². The van der Waals surface area contributed by atoms with Crippen LogP contribution in [0.15, 0.2) is 41.8 Å². The van der Waals surface area contributed by atoms with Crippen molar-refractivity contribution in [2.45, 2.75) is 32.6 Å². The molecule has 2 N–H and O–H groups in total. The van der Waals surface area contributed by atoms with Gasteiger partial charge in [-0.15, -0.1) is 11.3 Å². The Balaban J connectivity index is 1.37. The van der Waals surface area contributed by atoms with E-state index in [0.29, 0.717) is 10.8 Å². The number of ether oxygens (including phenoxy) is 1. The maximum Gasteiger partial charge on any atom is 0.275 e. The van der Waals surface area contributed by atoms with Gasteiger partial charge in [0.2, 0.25) is 0 Å². The quantitative estimate of drug-likeness (QED) is 0.689. The van der Waals surface area contributed by atoms with E-state index in [0.717, 1.165) is 36.6 Å². The van der Waals surface area contributed by atoms with E-state index in [-0.39, 0.29) is 18.1 Å². The number of amides is 1. The van der Waals surface area contributed by atoms with E-state index in [1.807, 2.05) is 35.7 Å². The van der Waals surface area contributed by atoms with Gasteiger partial charge in [-0.2, -0.15) is 5.10 Å². The summed E-state index contributed by atoms with van der Waals surface area (Å²) in [5.41, 5.74) is 3.06. The Morgan fingerprint density at radius 1 is 1.29 bits per heavy atom. The van der Waals surface area contributed by atoms with Crippen molar-refractivity contribution in [1.29, 1.82) is 0 Å². The van der Waals surface area contributed by atoms with Crippen LogP contribution in [0.2, 0.25) is 0 Å². The molecule has 1 aliphatic rings. The molecule has 0 spiro atoms. The molecule has 1 fully saturated rings. The van der Waals surface area contributed by atoms with Crippen molar-refractivity contribution in [1.82, 2.24) is 20.1 Å². The third kappa shape index (κ3) is 4.46. The number of nitrogens with zero attached hydrogens (tertiary/aromatic N) is 3. The fourth-order valence-electron chi connectivity index (χ4n) is 3.44. The zero-order valence-corrected chi connectivity index (χ0v) is 16.7. The van der Waals surface area contributed by atoms with Crippen LogP contribution in [0.3, 0.4) is 0 Å². The molecule has 2 atom stereocenters. The number of morpholine rings is 1. The largest absolute Gasteiger partial charge is 0.373 e. The van der Waals surface area contributed by atoms with Gasteiger partial charge in [0.05, 0.1) is 23.6 Å². The first kappa shape index (κ1) is 18.8. The van der Waals surface area contributed by atoms with Crippen molar-refractivity contribution in [3.8, 4) is 11.3 Å². The molecule has 3 heterocycles. The Hall–Kier alpha value is -2.55. The SMILES string of the molecule is C[C@@H]1CN(Cc2csc(NC(=O)c3cc(-c4ccccc4)n[nH]3)n2)C[C@@H](C)O1. The van der Waals surface area contributed by atoms with Gasteiger partial charge in [-0.1, -0.05) is 30.3 Å². The maximum atomic E-state index is 12.5. The zero-order chi connectivity index (χ0) is 19.5. The number of hydrogen-bond donors (Lipinski definition) is 2. The summed E-state index contributed by atoms with van der Waals surface area (Å²) < 4.78 is 5.77. The molecule has 1 saturated heterocycles. The van der Waals surface area contributed by atoms with Crippen LogP contribution in [0.1, 0.15) is 30.0 Å². The van der Waals surface area contributed by atoms with Gasteiger partial charge in [-0.25, -0.2) is 4.98 Å². The molecular formula is C20H23N5O2S. The second-order valence-corrected chi connectivity index (χ2v) is 7.94. The smallest absolute Gasteiger partial charge is 0.275 e. The monoisotopic (exact) mass is 397 g/mol. The van der Waals surface area contributed by atoms with Crippen molar-refractivity contribution in [3.05, 3.63) is 53.2 Å². The van der Waals surface area contributed by atoms with Crippen LogP contribution in [0.4, 0.5) is 5.13 Å². The summed E-state index contributed by atoms with van der Waals surface area (Å²) in [5.74, 6) is -0.246. The number of aromatic nitrogens is 3. The van der Waals surface area contributed by atoms with E-state index in [4.69, 9.17) is 4.74 Å². The molecule has 0 saturated carbocycles. The Bertz CT molecular complexity index is 929. The normalized spacial score (nSPS) is 20.2. The molecule has 0 aliphatic carbocycles. The van der Waals surface area contributed by atoms with Gasteiger partial charge >= 0.3 is 0 Å². The van der Waals surface area contributed by atoms with Gasteiger partial charge in [-0.3, -0.25) is 20.1 Å². The third-order valence-electron chi connectivity index (χ3n) is 4.55. The Morgan fingerprint density at radius 2 is 2.04 bits per heavy atom. The van der Waals surface area contributed by atoms with Gasteiger partial charge in [0, 0.05) is 30.6 Å². The number of carbonyl (C=O) groups is 1. The first-order valence-electron chi connectivity index (χ1n) is 9.31. The van der Waals surface area contributed by atoms with E-state index >= 15 is 0 Å². The molecule has 0 bridgehead atoms. The highest BCUT2D eigenvalue weighted by Gasteiger charge is 2.23. The van der Waals surface area contributed by atoms with E-state index in [1.54, 1.807) is 6.07 Å². The second kappa shape index (κ2) is 8.22. The van der Waals surface area contributed by atoms with Gasteiger partial charge in [-0.05, 0) is 19.9 Å². The van der Waals surface area contributed by atoms with Crippen LogP contribution >= 0.6 is 11.3 Å². The number of aromatic amines is 1. The van der Waals surface area contributed by atoms with Gasteiger partial charge in [0.15, 0.2) is 5.13 Å². The standard InChI is InChI=1S/C20H23N5O2S/c1-13-9-25(10-14(2)27-13)11-16-12-28-20(21-16)22-19(26)18-8-17(23-24-18)15-6-4-3-5-7-15/h3-8,12-14H,9-11H2,1-2H3,(H,23,24)(H,21,22,26)/t13-,14-/m1/s1. The predicted octanol–water partition coefficient (Wildman–Crippen LogP) is 3.39. The summed E-state index contributed by atoms with van der Waals surface area (Å²) in [6.45, 7) is 6.71. The topological polar surface area (TPSA) is 83.1 Å². The Labute approximate surface area is 167 Å². The highest BCUT2D eigenvalue weighted by molar-refractivity contribution is 7.13. The molecule has 2 aromatic heterocycles. The van der Waals surface area contributed by atoms with Crippen molar-refractivity contribution < 1.29 is 9.53 Å². The molecule has 0 radical (unpaired) electrons. The molecule has 0 unspecified atom stereocenters. The molecule has 146 valence electrons. The van der Waals surface area contributed by atoms with E-state index in [9.17, 15) is 4.79 Å².